The molecule has 5 rings (SSSR count). The van der Waals surface area contributed by atoms with Crippen LogP contribution in [0.2, 0.25) is 5.02 Å². The van der Waals surface area contributed by atoms with Crippen LogP contribution < -0.4 is 16.4 Å². The fourth-order valence-corrected chi connectivity index (χ4v) is 5.57. The average molecular weight is 453 g/mol. The van der Waals surface area contributed by atoms with E-state index in [-0.39, 0.29) is 13.0 Å². The van der Waals surface area contributed by atoms with Crippen LogP contribution >= 0.6 is 11.6 Å². The van der Waals surface area contributed by atoms with Gasteiger partial charge >= 0.3 is 0 Å². The first-order valence-electron chi connectivity index (χ1n) is 10.4. The first-order valence-corrected chi connectivity index (χ1v) is 10.8. The summed E-state index contributed by atoms with van der Waals surface area (Å²) >= 11 is 6.29. The second kappa shape index (κ2) is 7.43. The fraction of sp³-hybridized carbons (Fsp3) is 0.304. The van der Waals surface area contributed by atoms with E-state index < -0.39 is 47.0 Å². The summed E-state index contributed by atoms with van der Waals surface area (Å²) in [6.45, 7) is 0.193. The van der Waals surface area contributed by atoms with Gasteiger partial charge in [-0.1, -0.05) is 54.1 Å². The zero-order chi connectivity index (χ0) is 22.6. The number of rotatable bonds is 5. The van der Waals surface area contributed by atoms with E-state index in [0.717, 1.165) is 5.56 Å². The minimum absolute atomic E-state index is 0.169. The van der Waals surface area contributed by atoms with Crippen LogP contribution in [0.5, 0.6) is 0 Å². The van der Waals surface area contributed by atoms with Gasteiger partial charge in [-0.15, -0.1) is 0 Å². The fourth-order valence-electron chi connectivity index (χ4n) is 5.35. The summed E-state index contributed by atoms with van der Waals surface area (Å²) in [6.07, 6.45) is 0.324. The number of carbonyl (C=O) groups is 4. The molecule has 32 heavy (non-hydrogen) atoms. The number of primary amides is 1. The van der Waals surface area contributed by atoms with Gasteiger partial charge in [-0.05, 0) is 18.1 Å². The second-order valence-corrected chi connectivity index (χ2v) is 8.82. The van der Waals surface area contributed by atoms with Crippen molar-refractivity contribution in [2.24, 2.45) is 17.6 Å². The Labute approximate surface area is 189 Å². The number of para-hydroxylation sites is 1. The molecule has 0 unspecified atom stereocenters. The number of fused-ring (bicyclic) bond motifs is 4. The lowest BCUT2D eigenvalue weighted by Crippen LogP contribution is -2.53. The van der Waals surface area contributed by atoms with Crippen molar-refractivity contribution in [3.8, 4) is 0 Å². The average Bonchev–Trinajstić information content (AvgIpc) is 3.33. The third-order valence-electron chi connectivity index (χ3n) is 6.68. The highest BCUT2D eigenvalue weighted by atomic mass is 35.5. The molecule has 3 aliphatic heterocycles. The largest absolute Gasteiger partial charge is 0.370 e. The minimum atomic E-state index is -1.49. The number of imide groups is 1. The Bertz CT molecular complexity index is 1150. The Morgan fingerprint density at radius 3 is 2.53 bits per heavy atom. The number of halogens is 1. The number of hydrogen-bond donors (Lipinski definition) is 3. The number of amides is 4. The molecule has 0 aromatic heterocycles. The molecule has 164 valence electrons. The van der Waals surface area contributed by atoms with Gasteiger partial charge in [0.25, 0.3) is 0 Å². The molecule has 4 atom stereocenters. The molecule has 3 heterocycles. The molecule has 2 saturated heterocycles. The van der Waals surface area contributed by atoms with Gasteiger partial charge in [0.15, 0.2) is 0 Å². The maximum atomic E-state index is 13.6. The summed E-state index contributed by atoms with van der Waals surface area (Å²) in [5.74, 6) is -3.77. The number of carbonyl (C=O) groups excluding carboxylic acids is 4. The predicted octanol–water partition coefficient (Wildman–Crippen LogP) is 1.18. The van der Waals surface area contributed by atoms with E-state index in [9.17, 15) is 19.2 Å². The van der Waals surface area contributed by atoms with E-state index in [1.807, 2.05) is 30.3 Å². The molecule has 4 amide bonds. The molecule has 0 aliphatic carbocycles. The summed E-state index contributed by atoms with van der Waals surface area (Å²) in [5.41, 5.74) is 5.85. The van der Waals surface area contributed by atoms with Crippen molar-refractivity contribution in [3.05, 3.63) is 64.7 Å². The van der Waals surface area contributed by atoms with Gasteiger partial charge < -0.3 is 11.1 Å². The van der Waals surface area contributed by atoms with Crippen LogP contribution in [0.15, 0.2) is 48.5 Å². The lowest BCUT2D eigenvalue weighted by Gasteiger charge is -2.29. The lowest BCUT2D eigenvalue weighted by molar-refractivity contribution is -0.142. The van der Waals surface area contributed by atoms with Crippen molar-refractivity contribution < 1.29 is 19.2 Å². The van der Waals surface area contributed by atoms with Gasteiger partial charge in [0.1, 0.15) is 5.54 Å². The predicted molar refractivity (Wildman–Crippen MR) is 116 cm³/mol. The van der Waals surface area contributed by atoms with Crippen LogP contribution in [0.1, 0.15) is 17.5 Å². The summed E-state index contributed by atoms with van der Waals surface area (Å²) in [5, 5.41) is 6.24. The molecule has 9 heteroatoms. The Morgan fingerprint density at radius 2 is 1.81 bits per heavy atom. The van der Waals surface area contributed by atoms with E-state index in [1.54, 1.807) is 18.2 Å². The van der Waals surface area contributed by atoms with Crippen LogP contribution in [0.4, 0.5) is 5.69 Å². The third-order valence-corrected chi connectivity index (χ3v) is 6.99. The highest BCUT2D eigenvalue weighted by Gasteiger charge is 2.70. The molecule has 1 spiro atoms. The van der Waals surface area contributed by atoms with Crippen molar-refractivity contribution in [1.82, 2.24) is 10.2 Å². The number of likely N-dealkylation sites (tertiary alicyclic amines) is 1. The SMILES string of the molecule is NC(=O)C[C@@H]1N[C@@]2(C(=O)Nc3c(Cl)cccc32)[C@@H]2C(=O)N(CCc3ccccc3)C(=O)[C@@H]12. The highest BCUT2D eigenvalue weighted by Crippen LogP contribution is 2.54. The number of nitrogens with one attached hydrogen (secondary N) is 2. The molecule has 0 radical (unpaired) electrons. The number of anilines is 1. The van der Waals surface area contributed by atoms with Gasteiger partial charge in [-0.2, -0.15) is 0 Å². The van der Waals surface area contributed by atoms with E-state index in [1.165, 1.54) is 4.90 Å². The molecule has 0 saturated carbocycles. The van der Waals surface area contributed by atoms with Gasteiger partial charge in [-0.25, -0.2) is 0 Å². The lowest BCUT2D eigenvalue weighted by atomic mass is 9.76. The zero-order valence-corrected chi connectivity index (χ0v) is 17.8. The normalized spacial score (nSPS) is 28.2. The molecular weight excluding hydrogens is 432 g/mol. The van der Waals surface area contributed by atoms with Crippen LogP contribution in [-0.2, 0) is 31.1 Å². The summed E-state index contributed by atoms with van der Waals surface area (Å²) in [7, 11) is 0. The molecule has 2 fully saturated rings. The molecule has 3 aliphatic rings. The summed E-state index contributed by atoms with van der Waals surface area (Å²) in [6, 6.07) is 13.8. The summed E-state index contributed by atoms with van der Waals surface area (Å²) in [4.78, 5) is 53.2. The van der Waals surface area contributed by atoms with Crippen molar-refractivity contribution in [2.45, 2.75) is 24.4 Å². The number of hydrogen-bond acceptors (Lipinski definition) is 5. The summed E-state index contributed by atoms with van der Waals surface area (Å²) < 4.78 is 0. The van der Waals surface area contributed by atoms with E-state index in [0.29, 0.717) is 22.7 Å². The minimum Gasteiger partial charge on any atom is -0.370 e. The van der Waals surface area contributed by atoms with Crippen LogP contribution in [-0.4, -0.2) is 41.1 Å². The van der Waals surface area contributed by atoms with Gasteiger partial charge in [0.05, 0.1) is 22.5 Å². The standard InChI is InChI=1S/C23H21ClN4O4/c24-14-8-4-7-13-19(14)26-22(32)23(13)18-17(15(27-23)11-16(25)29)20(30)28(21(18)31)10-9-12-5-2-1-3-6-12/h1-8,15,17-18,27H,9-11H2,(H2,25,29)(H,26,32)/t15-,17-,18-,23+/m0/s1. The van der Waals surface area contributed by atoms with Crippen LogP contribution in [0, 0.1) is 11.8 Å². The first-order chi connectivity index (χ1) is 15.3. The molecule has 2 aromatic rings. The van der Waals surface area contributed by atoms with Crippen molar-refractivity contribution >= 4 is 40.9 Å². The molecule has 0 bridgehead atoms. The van der Waals surface area contributed by atoms with Gasteiger partial charge in [-0.3, -0.25) is 29.4 Å². The number of nitrogens with two attached hydrogens (primary N) is 1. The van der Waals surface area contributed by atoms with Crippen molar-refractivity contribution in [3.63, 3.8) is 0 Å². The molecule has 8 nitrogen and oxygen atoms in total. The smallest absolute Gasteiger partial charge is 0.250 e. The number of nitrogens with zero attached hydrogens (tertiary/aromatic N) is 1. The Hall–Kier alpha value is -3.23. The van der Waals surface area contributed by atoms with E-state index in [4.69, 9.17) is 17.3 Å². The molecular formula is C23H21ClN4O4. The topological polar surface area (TPSA) is 122 Å². The monoisotopic (exact) mass is 452 g/mol. The zero-order valence-electron chi connectivity index (χ0n) is 17.0. The maximum absolute atomic E-state index is 13.6. The van der Waals surface area contributed by atoms with E-state index >= 15 is 0 Å². The molecule has 2 aromatic carbocycles. The highest BCUT2D eigenvalue weighted by molar-refractivity contribution is 6.35. The van der Waals surface area contributed by atoms with Crippen molar-refractivity contribution in [2.75, 3.05) is 11.9 Å². The van der Waals surface area contributed by atoms with Crippen LogP contribution in [0.25, 0.3) is 0 Å². The second-order valence-electron chi connectivity index (χ2n) is 8.41. The van der Waals surface area contributed by atoms with Crippen LogP contribution in [0.3, 0.4) is 0 Å². The quantitative estimate of drug-likeness (QED) is 0.588. The van der Waals surface area contributed by atoms with E-state index in [2.05, 4.69) is 10.6 Å². The maximum Gasteiger partial charge on any atom is 0.250 e. The van der Waals surface area contributed by atoms with Gasteiger partial charge in [0, 0.05) is 24.6 Å². The number of benzene rings is 2. The Kier molecular flexibility index (Phi) is 4.79. The Morgan fingerprint density at radius 1 is 1.06 bits per heavy atom. The van der Waals surface area contributed by atoms with Gasteiger partial charge in [0.2, 0.25) is 23.6 Å². The first kappa shape index (κ1) is 20.7. The third kappa shape index (κ3) is 2.87. The Balaban J connectivity index is 1.55. The molecule has 4 N–H and O–H groups in total. The van der Waals surface area contributed by atoms with Crippen molar-refractivity contribution in [1.29, 1.82) is 0 Å².